The van der Waals surface area contributed by atoms with Gasteiger partial charge in [-0.2, -0.15) is 4.72 Å². The Hall–Kier alpha value is -1.16. The molecule has 0 fully saturated rings. The predicted molar refractivity (Wildman–Crippen MR) is 72.7 cm³/mol. The number of carbonyl (C=O) groups is 2. The SMILES string of the molecule is Cc1cc(S(=O)(=O)NC(CCC(=O)O)C(=O)O)sc1Cl. The number of thiophene rings is 1. The molecule has 1 unspecified atom stereocenters. The third kappa shape index (κ3) is 4.44. The molecule has 0 bridgehead atoms. The van der Waals surface area contributed by atoms with Crippen LogP contribution in [0.2, 0.25) is 4.34 Å². The fraction of sp³-hybridized carbons (Fsp3) is 0.400. The lowest BCUT2D eigenvalue weighted by atomic mass is 10.2. The van der Waals surface area contributed by atoms with Crippen molar-refractivity contribution in [3.8, 4) is 0 Å². The van der Waals surface area contributed by atoms with Gasteiger partial charge in [-0.1, -0.05) is 11.6 Å². The molecule has 1 rings (SSSR count). The summed E-state index contributed by atoms with van der Waals surface area (Å²) in [5.41, 5.74) is 0.564. The molecule has 112 valence electrons. The maximum atomic E-state index is 12.0. The van der Waals surface area contributed by atoms with E-state index in [-0.39, 0.29) is 10.6 Å². The zero-order chi connectivity index (χ0) is 15.5. The highest BCUT2D eigenvalue weighted by Gasteiger charge is 2.27. The van der Waals surface area contributed by atoms with E-state index in [0.717, 1.165) is 11.3 Å². The Kier molecular flexibility index (Phi) is 5.51. The molecule has 0 aromatic carbocycles. The van der Waals surface area contributed by atoms with E-state index in [1.54, 1.807) is 6.92 Å². The van der Waals surface area contributed by atoms with E-state index in [1.165, 1.54) is 6.07 Å². The van der Waals surface area contributed by atoms with Gasteiger partial charge in [0.05, 0.1) is 4.34 Å². The van der Waals surface area contributed by atoms with Crippen LogP contribution < -0.4 is 4.72 Å². The second-order valence-electron chi connectivity index (χ2n) is 3.97. The second kappa shape index (κ2) is 6.53. The first kappa shape index (κ1) is 16.9. The maximum absolute atomic E-state index is 12.0. The van der Waals surface area contributed by atoms with E-state index in [0.29, 0.717) is 9.90 Å². The van der Waals surface area contributed by atoms with Crippen LogP contribution in [-0.2, 0) is 19.6 Å². The van der Waals surface area contributed by atoms with E-state index in [2.05, 4.69) is 0 Å². The zero-order valence-corrected chi connectivity index (χ0v) is 12.7. The van der Waals surface area contributed by atoms with Crippen molar-refractivity contribution in [1.29, 1.82) is 0 Å². The highest BCUT2D eigenvalue weighted by molar-refractivity contribution is 7.91. The number of hydrogen-bond donors (Lipinski definition) is 3. The van der Waals surface area contributed by atoms with Gasteiger partial charge in [0, 0.05) is 6.42 Å². The lowest BCUT2D eigenvalue weighted by Gasteiger charge is -2.12. The molecule has 0 saturated carbocycles. The first-order valence-electron chi connectivity index (χ1n) is 5.36. The van der Waals surface area contributed by atoms with Crippen molar-refractivity contribution in [2.75, 3.05) is 0 Å². The smallest absolute Gasteiger partial charge is 0.321 e. The molecule has 3 N–H and O–H groups in total. The summed E-state index contributed by atoms with van der Waals surface area (Å²) < 4.78 is 26.1. The summed E-state index contributed by atoms with van der Waals surface area (Å²) in [4.78, 5) is 21.4. The molecule has 7 nitrogen and oxygen atoms in total. The lowest BCUT2D eigenvalue weighted by molar-refractivity contribution is -0.140. The van der Waals surface area contributed by atoms with E-state index >= 15 is 0 Å². The molecular formula is C10H12ClNO6S2. The summed E-state index contributed by atoms with van der Waals surface area (Å²) in [5, 5.41) is 17.4. The highest BCUT2D eigenvalue weighted by Crippen LogP contribution is 2.30. The summed E-state index contributed by atoms with van der Waals surface area (Å²) in [6.45, 7) is 1.62. The zero-order valence-electron chi connectivity index (χ0n) is 10.3. The van der Waals surface area contributed by atoms with Crippen LogP contribution in [0.4, 0.5) is 0 Å². The van der Waals surface area contributed by atoms with Gasteiger partial charge in [0.15, 0.2) is 0 Å². The molecule has 1 atom stereocenters. The van der Waals surface area contributed by atoms with Crippen LogP contribution in [0.15, 0.2) is 10.3 Å². The Bertz CT molecular complexity index is 604. The largest absolute Gasteiger partial charge is 0.481 e. The summed E-state index contributed by atoms with van der Waals surface area (Å²) in [6.07, 6.45) is -0.800. The van der Waals surface area contributed by atoms with Gasteiger partial charge in [-0.05, 0) is 25.0 Å². The van der Waals surface area contributed by atoms with E-state index in [1.807, 2.05) is 4.72 Å². The van der Waals surface area contributed by atoms with Crippen molar-refractivity contribution in [2.24, 2.45) is 0 Å². The Morgan fingerprint density at radius 2 is 2.05 bits per heavy atom. The van der Waals surface area contributed by atoms with Gasteiger partial charge in [-0.25, -0.2) is 8.42 Å². The average Bonchev–Trinajstić information content (AvgIpc) is 2.65. The minimum absolute atomic E-state index is 0.110. The molecule has 0 saturated heterocycles. The topological polar surface area (TPSA) is 121 Å². The third-order valence-electron chi connectivity index (χ3n) is 2.34. The number of carboxylic acid groups (broad SMARTS) is 2. The van der Waals surface area contributed by atoms with Crippen LogP contribution in [0.1, 0.15) is 18.4 Å². The molecule has 1 aromatic rings. The number of halogens is 1. The Morgan fingerprint density at radius 3 is 2.45 bits per heavy atom. The van der Waals surface area contributed by atoms with E-state index in [4.69, 9.17) is 21.8 Å². The average molecular weight is 342 g/mol. The number of rotatable bonds is 7. The molecule has 1 aromatic heterocycles. The first-order valence-corrected chi connectivity index (χ1v) is 8.04. The summed E-state index contributed by atoms with van der Waals surface area (Å²) in [5.74, 6) is -2.64. The van der Waals surface area contributed by atoms with Gasteiger partial charge in [-0.3, -0.25) is 9.59 Å². The Morgan fingerprint density at radius 1 is 1.45 bits per heavy atom. The lowest BCUT2D eigenvalue weighted by Crippen LogP contribution is -2.40. The maximum Gasteiger partial charge on any atom is 0.321 e. The molecule has 0 amide bonds. The highest BCUT2D eigenvalue weighted by atomic mass is 35.5. The predicted octanol–water partition coefficient (Wildman–Crippen LogP) is 1.31. The number of nitrogens with one attached hydrogen (secondary N) is 1. The van der Waals surface area contributed by atoms with Crippen molar-refractivity contribution in [1.82, 2.24) is 4.72 Å². The molecular weight excluding hydrogens is 330 g/mol. The van der Waals surface area contributed by atoms with Crippen LogP contribution in [0, 0.1) is 6.92 Å². The van der Waals surface area contributed by atoms with E-state index in [9.17, 15) is 18.0 Å². The Balaban J connectivity index is 2.91. The molecule has 0 aliphatic carbocycles. The number of aryl methyl sites for hydroxylation is 1. The van der Waals surface area contributed by atoms with Gasteiger partial charge >= 0.3 is 11.9 Å². The van der Waals surface area contributed by atoms with Crippen molar-refractivity contribution in [3.63, 3.8) is 0 Å². The molecule has 0 spiro atoms. The molecule has 1 heterocycles. The quantitative estimate of drug-likeness (QED) is 0.687. The van der Waals surface area contributed by atoms with Crippen LogP contribution >= 0.6 is 22.9 Å². The fourth-order valence-corrected chi connectivity index (χ4v) is 4.26. The van der Waals surface area contributed by atoms with Crippen LogP contribution in [-0.4, -0.2) is 36.6 Å². The monoisotopic (exact) mass is 341 g/mol. The summed E-state index contributed by atoms with van der Waals surface area (Å²) in [7, 11) is -4.04. The molecule has 20 heavy (non-hydrogen) atoms. The second-order valence-corrected chi connectivity index (χ2v) is 7.56. The van der Waals surface area contributed by atoms with Gasteiger partial charge in [-0.15, -0.1) is 11.3 Å². The number of hydrogen-bond acceptors (Lipinski definition) is 5. The molecule has 0 aliphatic heterocycles. The van der Waals surface area contributed by atoms with Crippen LogP contribution in [0.25, 0.3) is 0 Å². The minimum Gasteiger partial charge on any atom is -0.481 e. The van der Waals surface area contributed by atoms with Crippen LogP contribution in [0.3, 0.4) is 0 Å². The number of sulfonamides is 1. The standard InChI is InChI=1S/C10H12ClNO6S2/c1-5-4-8(19-9(5)11)20(17,18)12-6(10(15)16)2-3-7(13)14/h4,6,12H,2-3H2,1H3,(H,13,14)(H,15,16). The van der Waals surface area contributed by atoms with Gasteiger partial charge in [0.2, 0.25) is 0 Å². The van der Waals surface area contributed by atoms with Crippen molar-refractivity contribution in [3.05, 3.63) is 16.0 Å². The van der Waals surface area contributed by atoms with Gasteiger partial charge in [0.1, 0.15) is 10.3 Å². The van der Waals surface area contributed by atoms with E-state index < -0.39 is 34.4 Å². The minimum atomic E-state index is -4.04. The van der Waals surface area contributed by atoms with Crippen molar-refractivity contribution >= 4 is 44.9 Å². The molecule has 0 radical (unpaired) electrons. The first-order chi connectivity index (χ1) is 9.13. The van der Waals surface area contributed by atoms with Crippen molar-refractivity contribution in [2.45, 2.75) is 30.0 Å². The summed E-state index contributed by atoms with van der Waals surface area (Å²) in [6, 6.07) is -0.178. The third-order valence-corrected chi connectivity index (χ3v) is 5.84. The van der Waals surface area contributed by atoms with Crippen molar-refractivity contribution < 1.29 is 28.2 Å². The summed E-state index contributed by atoms with van der Waals surface area (Å²) >= 11 is 6.57. The fourth-order valence-electron chi connectivity index (χ4n) is 1.31. The van der Waals surface area contributed by atoms with Gasteiger partial charge in [0.25, 0.3) is 10.0 Å². The normalized spacial score (nSPS) is 13.1. The molecule has 0 aliphatic rings. The Labute approximate surface area is 124 Å². The molecule has 10 heteroatoms. The van der Waals surface area contributed by atoms with Crippen LogP contribution in [0.5, 0.6) is 0 Å². The van der Waals surface area contributed by atoms with Gasteiger partial charge < -0.3 is 10.2 Å². The number of aliphatic carboxylic acids is 2. The number of carboxylic acids is 2.